The monoisotopic (exact) mass is 326 g/mol. The van der Waals surface area contributed by atoms with E-state index in [4.69, 9.17) is 0 Å². The van der Waals surface area contributed by atoms with E-state index in [0.717, 1.165) is 24.3 Å². The fourth-order valence-corrected chi connectivity index (χ4v) is 6.07. The second-order valence-electron chi connectivity index (χ2n) is 8.66. The lowest BCUT2D eigenvalue weighted by atomic mass is 9.48. The summed E-state index contributed by atoms with van der Waals surface area (Å²) in [4.78, 5) is 12.4. The van der Waals surface area contributed by atoms with Crippen LogP contribution in [0.15, 0.2) is 30.3 Å². The molecule has 0 heterocycles. The molecule has 4 fully saturated rings. The zero-order valence-electron chi connectivity index (χ0n) is 14.8. The summed E-state index contributed by atoms with van der Waals surface area (Å²) in [7, 11) is 0. The van der Waals surface area contributed by atoms with Gasteiger partial charge in [0.1, 0.15) is 0 Å². The molecule has 1 atom stereocenters. The highest BCUT2D eigenvalue weighted by Gasteiger charge is 2.53. The predicted molar refractivity (Wildman–Crippen MR) is 96.4 cm³/mol. The van der Waals surface area contributed by atoms with Gasteiger partial charge in [-0.2, -0.15) is 0 Å². The third-order valence-corrected chi connectivity index (χ3v) is 6.84. The molecule has 1 unspecified atom stereocenters. The summed E-state index contributed by atoms with van der Waals surface area (Å²) in [5.41, 5.74) is 1.61. The van der Waals surface area contributed by atoms with Crippen molar-refractivity contribution in [3.63, 3.8) is 0 Å². The van der Waals surface area contributed by atoms with Crippen molar-refractivity contribution in [2.75, 3.05) is 6.54 Å². The second kappa shape index (κ2) is 6.51. The standard InChI is InChI=1S/C21H30N2O/c1-15(21-10-17-7-18(11-21)9-19(8-17)12-21)23-20(24)14-22-13-16-5-3-2-4-6-16/h2-6,15,17-19,22H,7-14H2,1H3,(H,23,24). The Morgan fingerprint density at radius 3 is 2.25 bits per heavy atom. The SMILES string of the molecule is CC(NC(=O)CNCc1ccccc1)C12CC3CC(CC(C3)C1)C2. The summed E-state index contributed by atoms with van der Waals surface area (Å²) in [5.74, 6) is 2.96. The van der Waals surface area contributed by atoms with Crippen LogP contribution in [0.3, 0.4) is 0 Å². The van der Waals surface area contributed by atoms with Crippen LogP contribution >= 0.6 is 0 Å². The van der Waals surface area contributed by atoms with Crippen LogP contribution in [-0.2, 0) is 11.3 Å². The third-order valence-electron chi connectivity index (χ3n) is 6.84. The Morgan fingerprint density at radius 1 is 1.08 bits per heavy atom. The van der Waals surface area contributed by atoms with Crippen molar-refractivity contribution in [1.29, 1.82) is 0 Å². The summed E-state index contributed by atoms with van der Waals surface area (Å²) in [6.45, 7) is 3.41. The quantitative estimate of drug-likeness (QED) is 0.840. The van der Waals surface area contributed by atoms with Gasteiger partial charge in [0.15, 0.2) is 0 Å². The third kappa shape index (κ3) is 3.23. The number of carbonyl (C=O) groups excluding carboxylic acids is 1. The minimum atomic E-state index is 0.147. The first-order valence-corrected chi connectivity index (χ1v) is 9.67. The topological polar surface area (TPSA) is 41.1 Å². The number of amides is 1. The van der Waals surface area contributed by atoms with Crippen molar-refractivity contribution in [2.24, 2.45) is 23.2 Å². The van der Waals surface area contributed by atoms with Gasteiger partial charge in [-0.1, -0.05) is 30.3 Å². The van der Waals surface area contributed by atoms with Gasteiger partial charge < -0.3 is 10.6 Å². The summed E-state index contributed by atoms with van der Waals surface area (Å²) in [6.07, 6.45) is 8.41. The average Bonchev–Trinajstić information content (AvgIpc) is 2.54. The molecular formula is C21H30N2O. The molecule has 3 nitrogen and oxygen atoms in total. The van der Waals surface area contributed by atoms with Crippen molar-refractivity contribution in [1.82, 2.24) is 10.6 Å². The minimum Gasteiger partial charge on any atom is -0.352 e. The second-order valence-corrected chi connectivity index (χ2v) is 8.66. The van der Waals surface area contributed by atoms with Gasteiger partial charge in [0.25, 0.3) is 0 Å². The van der Waals surface area contributed by atoms with E-state index in [9.17, 15) is 4.79 Å². The molecule has 4 bridgehead atoms. The van der Waals surface area contributed by atoms with Gasteiger partial charge >= 0.3 is 0 Å². The van der Waals surface area contributed by atoms with E-state index in [1.165, 1.54) is 44.1 Å². The van der Waals surface area contributed by atoms with E-state index < -0.39 is 0 Å². The van der Waals surface area contributed by atoms with Gasteiger partial charge in [0.2, 0.25) is 5.91 Å². The first-order chi connectivity index (χ1) is 11.6. The Labute approximate surface area is 145 Å². The molecule has 2 N–H and O–H groups in total. The normalized spacial score (nSPS) is 35.0. The van der Waals surface area contributed by atoms with Crippen LogP contribution in [0.1, 0.15) is 51.0 Å². The lowest BCUT2D eigenvalue weighted by Gasteiger charge is -2.59. The van der Waals surface area contributed by atoms with Crippen LogP contribution in [0.5, 0.6) is 0 Å². The minimum absolute atomic E-state index is 0.147. The molecule has 3 heteroatoms. The number of nitrogens with one attached hydrogen (secondary N) is 2. The van der Waals surface area contributed by atoms with Crippen LogP contribution in [0, 0.1) is 23.2 Å². The van der Waals surface area contributed by atoms with Crippen molar-refractivity contribution in [3.8, 4) is 0 Å². The average molecular weight is 326 g/mol. The van der Waals surface area contributed by atoms with Gasteiger partial charge in [-0.15, -0.1) is 0 Å². The molecule has 24 heavy (non-hydrogen) atoms. The molecule has 0 aromatic heterocycles. The van der Waals surface area contributed by atoms with E-state index in [1.54, 1.807) is 0 Å². The molecule has 0 saturated heterocycles. The van der Waals surface area contributed by atoms with Crippen molar-refractivity contribution < 1.29 is 4.79 Å². The molecule has 4 aliphatic rings. The maximum atomic E-state index is 12.4. The van der Waals surface area contributed by atoms with Gasteiger partial charge in [-0.25, -0.2) is 0 Å². The van der Waals surface area contributed by atoms with Gasteiger partial charge in [-0.3, -0.25) is 4.79 Å². The zero-order valence-corrected chi connectivity index (χ0v) is 14.8. The summed E-state index contributed by atoms with van der Waals surface area (Å²) >= 11 is 0. The molecule has 0 spiro atoms. The van der Waals surface area contributed by atoms with Crippen LogP contribution in [-0.4, -0.2) is 18.5 Å². The van der Waals surface area contributed by atoms with Crippen LogP contribution in [0.25, 0.3) is 0 Å². The molecule has 4 saturated carbocycles. The maximum Gasteiger partial charge on any atom is 0.234 e. The Bertz CT molecular complexity index is 547. The van der Waals surface area contributed by atoms with Gasteiger partial charge in [-0.05, 0) is 74.2 Å². The van der Waals surface area contributed by atoms with Crippen molar-refractivity contribution >= 4 is 5.91 Å². The van der Waals surface area contributed by atoms with E-state index in [0.29, 0.717) is 18.0 Å². The van der Waals surface area contributed by atoms with E-state index in [2.05, 4.69) is 29.7 Å². The first kappa shape index (κ1) is 16.1. The highest BCUT2D eigenvalue weighted by molar-refractivity contribution is 5.78. The smallest absolute Gasteiger partial charge is 0.234 e. The van der Waals surface area contributed by atoms with Crippen LogP contribution in [0.4, 0.5) is 0 Å². The van der Waals surface area contributed by atoms with Crippen LogP contribution in [0.2, 0.25) is 0 Å². The van der Waals surface area contributed by atoms with Gasteiger partial charge in [0, 0.05) is 12.6 Å². The van der Waals surface area contributed by atoms with E-state index in [-0.39, 0.29) is 5.91 Å². The predicted octanol–water partition coefficient (Wildman–Crippen LogP) is 3.50. The molecule has 130 valence electrons. The number of carbonyl (C=O) groups is 1. The number of rotatable bonds is 6. The molecule has 0 radical (unpaired) electrons. The number of hydrogen-bond acceptors (Lipinski definition) is 2. The Kier molecular flexibility index (Phi) is 4.38. The maximum absolute atomic E-state index is 12.4. The van der Waals surface area contributed by atoms with E-state index in [1.807, 2.05) is 18.2 Å². The van der Waals surface area contributed by atoms with Crippen molar-refractivity contribution in [2.45, 2.75) is 58.0 Å². The molecule has 4 aliphatic carbocycles. The van der Waals surface area contributed by atoms with Gasteiger partial charge in [0.05, 0.1) is 6.54 Å². The summed E-state index contributed by atoms with van der Waals surface area (Å²) in [5, 5.41) is 6.59. The summed E-state index contributed by atoms with van der Waals surface area (Å²) < 4.78 is 0. The lowest BCUT2D eigenvalue weighted by molar-refractivity contribution is -0.125. The molecule has 1 aromatic carbocycles. The fourth-order valence-electron chi connectivity index (χ4n) is 6.07. The van der Waals surface area contributed by atoms with E-state index >= 15 is 0 Å². The lowest BCUT2D eigenvalue weighted by Crippen LogP contribution is -2.56. The molecule has 1 amide bonds. The molecule has 0 aliphatic heterocycles. The molecule has 5 rings (SSSR count). The highest BCUT2D eigenvalue weighted by Crippen LogP contribution is 2.61. The Morgan fingerprint density at radius 2 is 1.67 bits per heavy atom. The van der Waals surface area contributed by atoms with Crippen molar-refractivity contribution in [3.05, 3.63) is 35.9 Å². The zero-order chi connectivity index (χ0) is 16.6. The number of benzene rings is 1. The Hall–Kier alpha value is -1.35. The Balaban J connectivity index is 1.28. The highest BCUT2D eigenvalue weighted by atomic mass is 16.2. The van der Waals surface area contributed by atoms with Crippen LogP contribution < -0.4 is 10.6 Å². The first-order valence-electron chi connectivity index (χ1n) is 9.67. The largest absolute Gasteiger partial charge is 0.352 e. The molecule has 1 aromatic rings. The fraction of sp³-hybridized carbons (Fsp3) is 0.667. The summed E-state index contributed by atoms with van der Waals surface area (Å²) in [6, 6.07) is 10.6. The number of hydrogen-bond donors (Lipinski definition) is 2. The molecular weight excluding hydrogens is 296 g/mol.